The van der Waals surface area contributed by atoms with Gasteiger partial charge in [-0.05, 0) is 49.2 Å². The lowest BCUT2D eigenvalue weighted by Crippen LogP contribution is -2.14. The number of para-hydroxylation sites is 1. The summed E-state index contributed by atoms with van der Waals surface area (Å²) in [5.41, 5.74) is 4.42. The van der Waals surface area contributed by atoms with E-state index < -0.39 is 0 Å². The van der Waals surface area contributed by atoms with Gasteiger partial charge in [-0.2, -0.15) is 0 Å². The van der Waals surface area contributed by atoms with Crippen molar-refractivity contribution in [3.8, 4) is 0 Å². The van der Waals surface area contributed by atoms with Crippen molar-refractivity contribution >= 4 is 23.0 Å². The Balaban J connectivity index is 1.80. The zero-order valence-electron chi connectivity index (χ0n) is 14.0. The average Bonchev–Trinajstić information content (AvgIpc) is 2.58. The number of carbonyl (C=O) groups is 1. The Labute approximate surface area is 145 Å². The van der Waals surface area contributed by atoms with E-state index in [9.17, 15) is 9.18 Å². The van der Waals surface area contributed by atoms with Gasteiger partial charge in [-0.15, -0.1) is 0 Å². The van der Waals surface area contributed by atoms with E-state index in [1.165, 1.54) is 18.3 Å². The third-order valence-electron chi connectivity index (χ3n) is 3.83. The van der Waals surface area contributed by atoms with Crippen LogP contribution in [0.2, 0.25) is 0 Å². The predicted octanol–water partition coefficient (Wildman–Crippen LogP) is 4.83. The van der Waals surface area contributed by atoms with E-state index in [-0.39, 0.29) is 11.7 Å². The van der Waals surface area contributed by atoms with Crippen LogP contribution in [0.4, 0.5) is 21.5 Å². The highest BCUT2D eigenvalue weighted by Crippen LogP contribution is 2.22. The topological polar surface area (TPSA) is 54.0 Å². The second-order valence-electron chi connectivity index (χ2n) is 5.82. The fourth-order valence-corrected chi connectivity index (χ4v) is 2.56. The Kier molecular flexibility index (Phi) is 4.75. The average molecular weight is 335 g/mol. The van der Waals surface area contributed by atoms with Crippen molar-refractivity contribution in [1.82, 2.24) is 4.98 Å². The van der Waals surface area contributed by atoms with Gasteiger partial charge in [0, 0.05) is 17.6 Å². The number of aromatic nitrogens is 1. The number of halogens is 1. The van der Waals surface area contributed by atoms with Crippen molar-refractivity contribution in [2.24, 2.45) is 0 Å². The van der Waals surface area contributed by atoms with E-state index >= 15 is 0 Å². The molecule has 0 spiro atoms. The summed E-state index contributed by atoms with van der Waals surface area (Å²) >= 11 is 0. The number of amides is 1. The number of hydrogen-bond donors (Lipinski definition) is 2. The molecule has 0 unspecified atom stereocenters. The van der Waals surface area contributed by atoms with Gasteiger partial charge in [0.05, 0.1) is 17.4 Å². The monoisotopic (exact) mass is 335 g/mol. The maximum Gasteiger partial charge on any atom is 0.257 e. The van der Waals surface area contributed by atoms with Crippen LogP contribution in [-0.4, -0.2) is 10.9 Å². The molecule has 0 saturated heterocycles. The zero-order chi connectivity index (χ0) is 17.8. The molecule has 2 aromatic carbocycles. The number of nitrogens with zero attached hydrogens (tertiary/aromatic N) is 1. The van der Waals surface area contributed by atoms with Crippen molar-refractivity contribution in [2.45, 2.75) is 13.8 Å². The van der Waals surface area contributed by atoms with E-state index in [1.807, 2.05) is 32.0 Å². The number of benzene rings is 2. The lowest BCUT2D eigenvalue weighted by atomic mass is 10.1. The molecule has 1 heterocycles. The van der Waals surface area contributed by atoms with Gasteiger partial charge in [0.25, 0.3) is 5.91 Å². The van der Waals surface area contributed by atoms with E-state index in [4.69, 9.17) is 0 Å². The molecule has 0 saturated carbocycles. The molecule has 126 valence electrons. The number of rotatable bonds is 4. The minimum Gasteiger partial charge on any atom is -0.354 e. The molecule has 1 amide bonds. The van der Waals surface area contributed by atoms with E-state index in [0.717, 1.165) is 16.8 Å². The van der Waals surface area contributed by atoms with Crippen molar-refractivity contribution in [3.63, 3.8) is 0 Å². The van der Waals surface area contributed by atoms with Crippen LogP contribution in [0.15, 0.2) is 60.9 Å². The number of carbonyl (C=O) groups excluding carboxylic acids is 1. The molecular formula is C20H18FN3O. The number of nitrogens with one attached hydrogen (secondary N) is 2. The van der Waals surface area contributed by atoms with Gasteiger partial charge in [0.15, 0.2) is 0 Å². The molecule has 0 aliphatic heterocycles. The zero-order valence-corrected chi connectivity index (χ0v) is 14.0. The molecule has 0 aliphatic rings. The quantitative estimate of drug-likeness (QED) is 0.718. The standard InChI is InChI=1S/C20H18FN3O/c1-13-5-3-6-14(2)19(13)24-20(25)15-9-18(12-22-11-15)23-17-8-4-7-16(21)10-17/h3-12,23H,1-2H3,(H,24,25). The Morgan fingerprint density at radius 3 is 2.40 bits per heavy atom. The Hall–Kier alpha value is -3.21. The molecule has 0 aliphatic carbocycles. The van der Waals surface area contributed by atoms with Gasteiger partial charge in [-0.25, -0.2) is 4.39 Å². The van der Waals surface area contributed by atoms with E-state index in [0.29, 0.717) is 16.9 Å². The molecule has 2 N–H and O–H groups in total. The highest BCUT2D eigenvalue weighted by molar-refractivity contribution is 6.05. The van der Waals surface area contributed by atoms with Crippen LogP contribution in [0.5, 0.6) is 0 Å². The van der Waals surface area contributed by atoms with Crippen LogP contribution in [0.3, 0.4) is 0 Å². The van der Waals surface area contributed by atoms with Crippen LogP contribution >= 0.6 is 0 Å². The molecule has 1 aromatic heterocycles. The first-order chi connectivity index (χ1) is 12.0. The van der Waals surface area contributed by atoms with Crippen LogP contribution < -0.4 is 10.6 Å². The molecule has 25 heavy (non-hydrogen) atoms. The molecule has 5 heteroatoms. The molecular weight excluding hydrogens is 317 g/mol. The fraction of sp³-hybridized carbons (Fsp3) is 0.100. The minimum absolute atomic E-state index is 0.243. The lowest BCUT2D eigenvalue weighted by molar-refractivity contribution is 0.102. The summed E-state index contributed by atoms with van der Waals surface area (Å²) < 4.78 is 13.3. The first-order valence-electron chi connectivity index (χ1n) is 7.88. The minimum atomic E-state index is -0.332. The predicted molar refractivity (Wildman–Crippen MR) is 97.8 cm³/mol. The van der Waals surface area contributed by atoms with Crippen LogP contribution in [0.1, 0.15) is 21.5 Å². The third-order valence-corrected chi connectivity index (χ3v) is 3.83. The molecule has 0 atom stereocenters. The molecule has 0 fully saturated rings. The van der Waals surface area contributed by atoms with Crippen molar-refractivity contribution in [2.75, 3.05) is 10.6 Å². The van der Waals surface area contributed by atoms with Gasteiger partial charge in [0.1, 0.15) is 5.82 Å². The first kappa shape index (κ1) is 16.6. The number of hydrogen-bond acceptors (Lipinski definition) is 3. The normalized spacial score (nSPS) is 10.4. The molecule has 3 aromatic rings. The third kappa shape index (κ3) is 4.01. The fourth-order valence-electron chi connectivity index (χ4n) is 2.56. The Bertz CT molecular complexity index is 904. The number of anilines is 3. The van der Waals surface area contributed by atoms with Crippen molar-refractivity contribution in [3.05, 3.63) is 83.4 Å². The van der Waals surface area contributed by atoms with Gasteiger partial charge in [0.2, 0.25) is 0 Å². The molecule has 0 bridgehead atoms. The maximum atomic E-state index is 13.3. The highest BCUT2D eigenvalue weighted by Gasteiger charge is 2.11. The van der Waals surface area contributed by atoms with Gasteiger partial charge in [-0.1, -0.05) is 24.3 Å². The summed E-state index contributed by atoms with van der Waals surface area (Å²) in [4.78, 5) is 16.6. The summed E-state index contributed by atoms with van der Waals surface area (Å²) in [5, 5.41) is 5.97. The molecule has 3 rings (SSSR count). The lowest BCUT2D eigenvalue weighted by Gasteiger charge is -2.12. The van der Waals surface area contributed by atoms with Crippen molar-refractivity contribution in [1.29, 1.82) is 0 Å². The van der Waals surface area contributed by atoms with E-state index in [2.05, 4.69) is 15.6 Å². The van der Waals surface area contributed by atoms with Crippen LogP contribution in [0.25, 0.3) is 0 Å². The smallest absolute Gasteiger partial charge is 0.257 e. The van der Waals surface area contributed by atoms with Crippen LogP contribution in [0, 0.1) is 19.7 Å². The van der Waals surface area contributed by atoms with Gasteiger partial charge in [-0.3, -0.25) is 9.78 Å². The van der Waals surface area contributed by atoms with Gasteiger partial charge < -0.3 is 10.6 Å². The Morgan fingerprint density at radius 2 is 1.68 bits per heavy atom. The molecule has 0 radical (unpaired) electrons. The van der Waals surface area contributed by atoms with Crippen molar-refractivity contribution < 1.29 is 9.18 Å². The first-order valence-corrected chi connectivity index (χ1v) is 7.88. The second-order valence-corrected chi connectivity index (χ2v) is 5.82. The van der Waals surface area contributed by atoms with Gasteiger partial charge >= 0.3 is 0 Å². The second kappa shape index (κ2) is 7.13. The Morgan fingerprint density at radius 1 is 0.960 bits per heavy atom. The maximum absolute atomic E-state index is 13.3. The largest absolute Gasteiger partial charge is 0.354 e. The highest BCUT2D eigenvalue weighted by atomic mass is 19.1. The summed E-state index contributed by atoms with van der Waals surface area (Å²) in [7, 11) is 0. The summed E-state index contributed by atoms with van der Waals surface area (Å²) in [5.74, 6) is -0.574. The number of aryl methyl sites for hydroxylation is 2. The SMILES string of the molecule is Cc1cccc(C)c1NC(=O)c1cncc(Nc2cccc(F)c2)c1. The molecule has 4 nitrogen and oxygen atoms in total. The summed E-state index contributed by atoms with van der Waals surface area (Å²) in [6, 6.07) is 13.6. The van der Waals surface area contributed by atoms with E-state index in [1.54, 1.807) is 24.4 Å². The summed E-state index contributed by atoms with van der Waals surface area (Å²) in [6.45, 7) is 3.89. The summed E-state index contributed by atoms with van der Waals surface area (Å²) in [6.07, 6.45) is 3.08. The van der Waals surface area contributed by atoms with Crippen LogP contribution in [-0.2, 0) is 0 Å². The number of pyridine rings is 1.